The number of nitrogens with zero attached hydrogens (tertiary/aromatic N) is 3. The van der Waals surface area contributed by atoms with Gasteiger partial charge in [0.2, 0.25) is 11.8 Å². The number of amides is 5. The Morgan fingerprint density at radius 2 is 1.76 bits per heavy atom. The van der Waals surface area contributed by atoms with Gasteiger partial charge in [0.1, 0.15) is 23.2 Å². The van der Waals surface area contributed by atoms with Gasteiger partial charge in [0.25, 0.3) is 5.91 Å². The van der Waals surface area contributed by atoms with Crippen molar-refractivity contribution in [1.82, 2.24) is 15.0 Å². The van der Waals surface area contributed by atoms with E-state index in [9.17, 15) is 24.3 Å². The number of hydrogen-bond donors (Lipinski definition) is 5. The molecule has 1 aromatic heterocycles. The molecule has 0 bridgehead atoms. The van der Waals surface area contributed by atoms with E-state index in [1.54, 1.807) is 75.2 Å². The molecule has 1 aliphatic rings. The number of nitrogens with two attached hydrogens (primary N) is 1. The van der Waals surface area contributed by atoms with Crippen molar-refractivity contribution >= 4 is 46.5 Å². The Balaban J connectivity index is 1.37. The number of rotatable bonds is 13. The Kier molecular flexibility index (Phi) is 12.6. The highest BCUT2D eigenvalue weighted by Crippen LogP contribution is 2.31. The first-order chi connectivity index (χ1) is 23.4. The maximum absolute atomic E-state index is 13.8. The van der Waals surface area contributed by atoms with Gasteiger partial charge >= 0.3 is 6.03 Å². The number of nitrogen functional groups attached to an aromatic ring is 1. The molecule has 14 nitrogen and oxygen atoms in total. The van der Waals surface area contributed by atoms with Gasteiger partial charge in [-0.3, -0.25) is 14.4 Å². The van der Waals surface area contributed by atoms with Crippen molar-refractivity contribution in [3.63, 3.8) is 0 Å². The number of urea groups is 1. The average Bonchev–Trinajstić information content (AvgIpc) is 3.39. The number of carbonyl (C=O) groups is 4. The van der Waals surface area contributed by atoms with Crippen molar-refractivity contribution in [2.24, 2.45) is 5.92 Å². The zero-order valence-corrected chi connectivity index (χ0v) is 28.7. The van der Waals surface area contributed by atoms with Crippen molar-refractivity contribution in [2.45, 2.75) is 71.9 Å². The van der Waals surface area contributed by atoms with Crippen LogP contribution in [0.3, 0.4) is 0 Å². The predicted molar refractivity (Wildman–Crippen MR) is 186 cm³/mol. The molecule has 14 heteroatoms. The van der Waals surface area contributed by atoms with Crippen LogP contribution in [0.5, 0.6) is 5.75 Å². The van der Waals surface area contributed by atoms with Crippen LogP contribution in [-0.4, -0.2) is 82.7 Å². The van der Waals surface area contributed by atoms with Crippen LogP contribution in [0.25, 0.3) is 0 Å². The van der Waals surface area contributed by atoms with Crippen LogP contribution in [0, 0.1) is 19.8 Å². The molecule has 6 N–H and O–H groups in total. The summed E-state index contributed by atoms with van der Waals surface area (Å²) in [4.78, 5) is 55.0. The molecule has 3 atom stereocenters. The largest absolute Gasteiger partial charge is 0.487 e. The van der Waals surface area contributed by atoms with E-state index >= 15 is 0 Å². The van der Waals surface area contributed by atoms with E-state index in [-0.39, 0.29) is 61.4 Å². The molecule has 0 saturated carbocycles. The molecular formula is C35H47N7O7. The second-order valence-electron chi connectivity index (χ2n) is 12.6. The van der Waals surface area contributed by atoms with Gasteiger partial charge in [-0.1, -0.05) is 30.6 Å². The molecule has 0 unspecified atom stereocenters. The molecule has 0 saturated heterocycles. The third-order valence-electron chi connectivity index (χ3n) is 8.56. The quantitative estimate of drug-likeness (QED) is 0.125. The first-order valence-electron chi connectivity index (χ1n) is 16.5. The molecule has 264 valence electrons. The number of anilines is 4. The normalized spacial score (nSPS) is 16.4. The molecule has 2 aromatic carbocycles. The number of aliphatic hydroxyl groups excluding tert-OH is 1. The fraction of sp³-hybridized carbons (Fsp3) is 0.457. The van der Waals surface area contributed by atoms with E-state index in [4.69, 9.17) is 15.0 Å². The second-order valence-corrected chi connectivity index (χ2v) is 12.6. The SMILES string of the molecule is Cc1noc(C)c1NC(=O)N(C)C[C@H]1Oc2ccc(NC(=O)CCCCCC(=O)Nc3ccccc3N)cc2C(=O)N([C@@H](C)CO)C[C@@H]1C. The van der Waals surface area contributed by atoms with Crippen molar-refractivity contribution in [2.75, 3.05) is 48.4 Å². The summed E-state index contributed by atoms with van der Waals surface area (Å²) in [5, 5.41) is 22.3. The van der Waals surface area contributed by atoms with Crippen LogP contribution in [-0.2, 0) is 9.59 Å². The van der Waals surface area contributed by atoms with E-state index in [1.165, 1.54) is 4.90 Å². The van der Waals surface area contributed by atoms with Crippen LogP contribution in [0.1, 0.15) is 67.8 Å². The zero-order valence-electron chi connectivity index (χ0n) is 28.7. The number of aliphatic hydroxyl groups is 1. The van der Waals surface area contributed by atoms with Gasteiger partial charge in [-0.15, -0.1) is 0 Å². The van der Waals surface area contributed by atoms with Gasteiger partial charge in [0.05, 0.1) is 36.1 Å². The predicted octanol–water partition coefficient (Wildman–Crippen LogP) is 4.79. The number of aryl methyl sites for hydroxylation is 2. The summed E-state index contributed by atoms with van der Waals surface area (Å²) >= 11 is 0. The van der Waals surface area contributed by atoms with Crippen LogP contribution >= 0.6 is 0 Å². The third-order valence-corrected chi connectivity index (χ3v) is 8.56. The zero-order chi connectivity index (χ0) is 35.7. The van der Waals surface area contributed by atoms with E-state index in [0.29, 0.717) is 65.6 Å². The third kappa shape index (κ3) is 9.72. The van der Waals surface area contributed by atoms with Crippen LogP contribution in [0.2, 0.25) is 0 Å². The Hall–Kier alpha value is -5.11. The lowest BCUT2D eigenvalue weighted by atomic mass is 9.99. The number of fused-ring (bicyclic) bond motifs is 1. The highest BCUT2D eigenvalue weighted by molar-refractivity contribution is 6.00. The molecule has 49 heavy (non-hydrogen) atoms. The lowest BCUT2D eigenvalue weighted by Crippen LogP contribution is -2.50. The van der Waals surface area contributed by atoms with Crippen molar-refractivity contribution < 1.29 is 33.5 Å². The van der Waals surface area contributed by atoms with Crippen molar-refractivity contribution in [1.29, 1.82) is 0 Å². The van der Waals surface area contributed by atoms with Crippen LogP contribution in [0.15, 0.2) is 47.0 Å². The Morgan fingerprint density at radius 1 is 1.06 bits per heavy atom. The molecule has 0 spiro atoms. The van der Waals surface area contributed by atoms with E-state index < -0.39 is 12.1 Å². The first-order valence-corrected chi connectivity index (χ1v) is 16.5. The molecule has 2 heterocycles. The molecule has 0 aliphatic carbocycles. The highest BCUT2D eigenvalue weighted by atomic mass is 16.5. The monoisotopic (exact) mass is 677 g/mol. The maximum Gasteiger partial charge on any atom is 0.321 e. The standard InChI is InChI=1S/C35H47N7O7/c1-21-18-42(22(2)20-43)34(46)26-17-25(37-31(44)13-7-6-8-14-32(45)38-28-12-10-9-11-27(28)36)15-16-29(26)48-30(21)19-41(5)35(47)39-33-23(3)40-49-24(33)4/h9-12,15-17,21-22,30,43H,6-8,13-14,18-20,36H2,1-5H3,(H,37,44)(H,38,45)(H,39,47)/t21-,22-,30+/m0/s1. The second kappa shape index (κ2) is 16.8. The maximum atomic E-state index is 13.8. The molecule has 0 radical (unpaired) electrons. The smallest absolute Gasteiger partial charge is 0.321 e. The summed E-state index contributed by atoms with van der Waals surface area (Å²) in [6.07, 6.45) is 1.93. The lowest BCUT2D eigenvalue weighted by Gasteiger charge is -2.38. The molecule has 0 fully saturated rings. The van der Waals surface area contributed by atoms with E-state index in [2.05, 4.69) is 21.1 Å². The summed E-state index contributed by atoms with van der Waals surface area (Å²) in [5.74, 6) is -0.0967. The van der Waals surface area contributed by atoms with Crippen molar-refractivity contribution in [3.05, 3.63) is 59.5 Å². The molecule has 5 amide bonds. The number of hydrogen-bond acceptors (Lipinski definition) is 9. The minimum Gasteiger partial charge on any atom is -0.487 e. The van der Waals surface area contributed by atoms with Crippen molar-refractivity contribution in [3.8, 4) is 5.75 Å². The fourth-order valence-electron chi connectivity index (χ4n) is 5.53. The summed E-state index contributed by atoms with van der Waals surface area (Å²) in [6.45, 7) is 7.38. The molecule has 3 aromatic rings. The number of benzene rings is 2. The summed E-state index contributed by atoms with van der Waals surface area (Å²) < 4.78 is 11.5. The number of para-hydroxylation sites is 2. The number of ether oxygens (including phenoxy) is 1. The average molecular weight is 678 g/mol. The number of likely N-dealkylation sites (N-methyl/N-ethyl adjacent to an activating group) is 1. The lowest BCUT2D eigenvalue weighted by molar-refractivity contribution is -0.116. The summed E-state index contributed by atoms with van der Waals surface area (Å²) in [7, 11) is 1.65. The van der Waals surface area contributed by atoms with Gasteiger partial charge in [0, 0.05) is 38.0 Å². The van der Waals surface area contributed by atoms with Gasteiger partial charge in [0.15, 0.2) is 5.76 Å². The Morgan fingerprint density at radius 3 is 2.41 bits per heavy atom. The Bertz CT molecular complexity index is 1620. The molecular weight excluding hydrogens is 630 g/mol. The molecule has 1 aliphatic heterocycles. The van der Waals surface area contributed by atoms with Gasteiger partial charge in [-0.2, -0.15) is 0 Å². The fourth-order valence-corrected chi connectivity index (χ4v) is 5.53. The minimum atomic E-state index is -0.506. The number of nitrogens with one attached hydrogen (secondary N) is 3. The summed E-state index contributed by atoms with van der Waals surface area (Å²) in [6, 6.07) is 11.1. The van der Waals surface area contributed by atoms with Crippen LogP contribution < -0.4 is 26.4 Å². The van der Waals surface area contributed by atoms with Gasteiger partial charge in [-0.25, -0.2) is 4.79 Å². The highest BCUT2D eigenvalue weighted by Gasteiger charge is 2.34. The van der Waals surface area contributed by atoms with Gasteiger partial charge < -0.3 is 45.9 Å². The topological polar surface area (TPSA) is 192 Å². The Labute approximate surface area is 286 Å². The van der Waals surface area contributed by atoms with E-state index in [0.717, 1.165) is 0 Å². The minimum absolute atomic E-state index is 0.136. The number of carbonyl (C=O) groups excluding carboxylic acids is 4. The first kappa shape index (κ1) is 36.7. The number of aromatic nitrogens is 1. The van der Waals surface area contributed by atoms with Crippen LogP contribution in [0.4, 0.5) is 27.5 Å². The molecule has 4 rings (SSSR count). The summed E-state index contributed by atoms with van der Waals surface area (Å²) in [5.41, 5.74) is 8.70. The van der Waals surface area contributed by atoms with Gasteiger partial charge in [-0.05, 0) is 63.9 Å². The van der Waals surface area contributed by atoms with E-state index in [1.807, 2.05) is 6.92 Å². The number of unbranched alkanes of at least 4 members (excludes halogenated alkanes) is 2.